The van der Waals surface area contributed by atoms with Crippen molar-refractivity contribution in [1.29, 1.82) is 0 Å². The smallest absolute Gasteiger partial charge is 0.410 e. The molecule has 1 fully saturated rings. The van der Waals surface area contributed by atoms with Gasteiger partial charge in [0.25, 0.3) is 0 Å². The van der Waals surface area contributed by atoms with Crippen LogP contribution in [0.15, 0.2) is 24.3 Å². The normalized spacial score (nSPS) is 16.8. The molecule has 1 saturated heterocycles. The quantitative estimate of drug-likeness (QED) is 0.866. The number of carbonyl (C=O) groups excluding carboxylic acids is 1. The topological polar surface area (TPSA) is 41.6 Å². The highest BCUT2D eigenvalue weighted by atomic mass is 16.6. The van der Waals surface area contributed by atoms with E-state index in [2.05, 4.69) is 36.5 Å². The monoisotopic (exact) mass is 248 g/mol. The van der Waals surface area contributed by atoms with Crippen LogP contribution in [0, 0.1) is 0 Å². The molecule has 0 bridgehead atoms. The van der Waals surface area contributed by atoms with E-state index in [0.717, 1.165) is 6.42 Å². The predicted molar refractivity (Wildman–Crippen MR) is 70.5 cm³/mol. The molecule has 4 nitrogen and oxygen atoms in total. The molecule has 18 heavy (non-hydrogen) atoms. The van der Waals surface area contributed by atoms with Crippen molar-refractivity contribution in [2.75, 3.05) is 26.7 Å². The van der Waals surface area contributed by atoms with Crippen LogP contribution in [-0.4, -0.2) is 37.7 Å². The number of benzene rings is 1. The first-order chi connectivity index (χ1) is 8.74. The highest BCUT2D eigenvalue weighted by Gasteiger charge is 2.24. The molecule has 4 heteroatoms. The van der Waals surface area contributed by atoms with E-state index in [1.807, 2.05) is 7.05 Å². The van der Waals surface area contributed by atoms with Gasteiger partial charge >= 0.3 is 6.09 Å². The Balaban J connectivity index is 2.04. The van der Waals surface area contributed by atoms with Crippen LogP contribution in [0.2, 0.25) is 0 Å². The molecule has 98 valence electrons. The SMILES string of the molecule is CCc1ccc(C(CN2CCOC2=O)NC)cc1. The summed E-state index contributed by atoms with van der Waals surface area (Å²) < 4.78 is 4.94. The summed E-state index contributed by atoms with van der Waals surface area (Å²) in [7, 11) is 1.92. The summed E-state index contributed by atoms with van der Waals surface area (Å²) in [6.45, 7) is 3.99. The summed E-state index contributed by atoms with van der Waals surface area (Å²) in [5.74, 6) is 0. The van der Waals surface area contributed by atoms with Gasteiger partial charge in [0.05, 0.1) is 6.54 Å². The van der Waals surface area contributed by atoms with Crippen LogP contribution in [0.3, 0.4) is 0 Å². The fourth-order valence-corrected chi connectivity index (χ4v) is 2.16. The van der Waals surface area contributed by atoms with Gasteiger partial charge in [-0.05, 0) is 24.6 Å². The molecule has 1 amide bonds. The lowest BCUT2D eigenvalue weighted by Crippen LogP contribution is -2.34. The molecule has 0 saturated carbocycles. The first-order valence-corrected chi connectivity index (χ1v) is 6.42. The summed E-state index contributed by atoms with van der Waals surface area (Å²) in [4.78, 5) is 13.2. The highest BCUT2D eigenvalue weighted by molar-refractivity contribution is 5.69. The van der Waals surface area contributed by atoms with Gasteiger partial charge in [-0.25, -0.2) is 4.79 Å². The summed E-state index contributed by atoms with van der Waals surface area (Å²) in [6, 6.07) is 8.69. The highest BCUT2D eigenvalue weighted by Crippen LogP contribution is 2.17. The van der Waals surface area contributed by atoms with Gasteiger partial charge in [-0.15, -0.1) is 0 Å². The van der Waals surface area contributed by atoms with Crippen LogP contribution < -0.4 is 5.32 Å². The number of carbonyl (C=O) groups is 1. The zero-order valence-electron chi connectivity index (χ0n) is 11.0. The van der Waals surface area contributed by atoms with Crippen molar-refractivity contribution in [3.63, 3.8) is 0 Å². The number of aryl methyl sites for hydroxylation is 1. The van der Waals surface area contributed by atoms with Gasteiger partial charge in [0, 0.05) is 12.6 Å². The Morgan fingerprint density at radius 2 is 2.11 bits per heavy atom. The predicted octanol–water partition coefficient (Wildman–Crippen LogP) is 1.96. The Labute approximate surface area is 108 Å². The van der Waals surface area contributed by atoms with Crippen LogP contribution in [-0.2, 0) is 11.2 Å². The van der Waals surface area contributed by atoms with Crippen molar-refractivity contribution >= 4 is 6.09 Å². The maximum Gasteiger partial charge on any atom is 0.410 e. The molecule has 1 atom stereocenters. The lowest BCUT2D eigenvalue weighted by molar-refractivity contribution is 0.156. The number of amides is 1. The number of nitrogens with one attached hydrogen (secondary N) is 1. The number of cyclic esters (lactones) is 1. The van der Waals surface area contributed by atoms with E-state index in [1.54, 1.807) is 4.90 Å². The lowest BCUT2D eigenvalue weighted by atomic mass is 10.0. The van der Waals surface area contributed by atoms with Gasteiger partial charge in [-0.3, -0.25) is 0 Å². The van der Waals surface area contributed by atoms with Crippen LogP contribution in [0.4, 0.5) is 4.79 Å². The third-order valence-corrected chi connectivity index (χ3v) is 3.39. The Bertz CT molecular complexity index is 403. The van der Waals surface area contributed by atoms with Crippen molar-refractivity contribution in [3.05, 3.63) is 35.4 Å². The lowest BCUT2D eigenvalue weighted by Gasteiger charge is -2.22. The first kappa shape index (κ1) is 12.9. The van der Waals surface area contributed by atoms with Crippen molar-refractivity contribution in [3.8, 4) is 0 Å². The third-order valence-electron chi connectivity index (χ3n) is 3.39. The Kier molecular flexibility index (Phi) is 4.20. The number of rotatable bonds is 5. The Hall–Kier alpha value is -1.55. The second-order valence-corrected chi connectivity index (χ2v) is 4.50. The van der Waals surface area contributed by atoms with E-state index in [-0.39, 0.29) is 12.1 Å². The summed E-state index contributed by atoms with van der Waals surface area (Å²) in [5.41, 5.74) is 2.53. The molecule has 0 spiro atoms. The van der Waals surface area contributed by atoms with E-state index in [0.29, 0.717) is 19.7 Å². The molecular weight excluding hydrogens is 228 g/mol. The van der Waals surface area contributed by atoms with Crippen molar-refractivity contribution < 1.29 is 9.53 Å². The number of hydrogen-bond donors (Lipinski definition) is 1. The summed E-state index contributed by atoms with van der Waals surface area (Å²) in [6.07, 6.45) is 0.837. The molecule has 1 aromatic rings. The van der Waals surface area contributed by atoms with E-state index >= 15 is 0 Å². The van der Waals surface area contributed by atoms with Crippen molar-refractivity contribution in [2.45, 2.75) is 19.4 Å². The second kappa shape index (κ2) is 5.87. The van der Waals surface area contributed by atoms with Crippen LogP contribution >= 0.6 is 0 Å². The second-order valence-electron chi connectivity index (χ2n) is 4.50. The zero-order valence-corrected chi connectivity index (χ0v) is 11.0. The minimum absolute atomic E-state index is 0.154. The Morgan fingerprint density at radius 3 is 2.61 bits per heavy atom. The largest absolute Gasteiger partial charge is 0.448 e. The summed E-state index contributed by atoms with van der Waals surface area (Å²) >= 11 is 0. The van der Waals surface area contributed by atoms with E-state index in [1.165, 1.54) is 11.1 Å². The average Bonchev–Trinajstić information content (AvgIpc) is 2.81. The minimum Gasteiger partial charge on any atom is -0.448 e. The first-order valence-electron chi connectivity index (χ1n) is 6.42. The molecule has 2 rings (SSSR count). The van der Waals surface area contributed by atoms with Gasteiger partial charge in [-0.2, -0.15) is 0 Å². The van der Waals surface area contributed by atoms with Crippen molar-refractivity contribution in [1.82, 2.24) is 10.2 Å². The summed E-state index contributed by atoms with van der Waals surface area (Å²) in [5, 5.41) is 3.25. The van der Waals surface area contributed by atoms with Crippen LogP contribution in [0.1, 0.15) is 24.1 Å². The van der Waals surface area contributed by atoms with E-state index in [4.69, 9.17) is 4.74 Å². The number of hydrogen-bond acceptors (Lipinski definition) is 3. The molecule has 0 aromatic heterocycles. The van der Waals surface area contributed by atoms with Gasteiger partial charge in [0.15, 0.2) is 0 Å². The van der Waals surface area contributed by atoms with Crippen LogP contribution in [0.5, 0.6) is 0 Å². The molecule has 0 radical (unpaired) electrons. The van der Waals surface area contributed by atoms with Gasteiger partial charge in [0.1, 0.15) is 6.61 Å². The molecule has 1 unspecified atom stereocenters. The molecule has 1 aliphatic rings. The van der Waals surface area contributed by atoms with Crippen LogP contribution in [0.25, 0.3) is 0 Å². The molecule has 1 aromatic carbocycles. The molecule has 1 N–H and O–H groups in total. The van der Waals surface area contributed by atoms with Gasteiger partial charge in [0.2, 0.25) is 0 Å². The van der Waals surface area contributed by atoms with Crippen molar-refractivity contribution in [2.24, 2.45) is 0 Å². The van der Waals surface area contributed by atoms with Gasteiger partial charge in [-0.1, -0.05) is 31.2 Å². The standard InChI is InChI=1S/C14H20N2O2/c1-3-11-4-6-12(7-5-11)13(15-2)10-16-8-9-18-14(16)17/h4-7,13,15H,3,8-10H2,1-2H3. The zero-order chi connectivity index (χ0) is 13.0. The van der Waals surface area contributed by atoms with E-state index < -0.39 is 0 Å². The molecule has 1 aliphatic heterocycles. The molecule has 1 heterocycles. The average molecular weight is 248 g/mol. The van der Waals surface area contributed by atoms with Gasteiger partial charge < -0.3 is 15.0 Å². The fraction of sp³-hybridized carbons (Fsp3) is 0.500. The fourth-order valence-electron chi connectivity index (χ4n) is 2.16. The third kappa shape index (κ3) is 2.82. The maximum absolute atomic E-state index is 11.4. The Morgan fingerprint density at radius 1 is 1.39 bits per heavy atom. The molecular formula is C14H20N2O2. The molecule has 0 aliphatic carbocycles. The minimum atomic E-state index is -0.208. The number of likely N-dealkylation sites (N-methyl/N-ethyl adjacent to an activating group) is 1. The van der Waals surface area contributed by atoms with E-state index in [9.17, 15) is 4.79 Å². The number of nitrogens with zero attached hydrogens (tertiary/aromatic N) is 1. The number of ether oxygens (including phenoxy) is 1. The maximum atomic E-state index is 11.4.